The molecule has 78 valence electrons. The highest BCUT2D eigenvalue weighted by molar-refractivity contribution is 5.71. The van der Waals surface area contributed by atoms with Gasteiger partial charge in [-0.1, -0.05) is 0 Å². The van der Waals surface area contributed by atoms with Gasteiger partial charge < -0.3 is 14.9 Å². The van der Waals surface area contributed by atoms with Gasteiger partial charge in [0.15, 0.2) is 0 Å². The molecule has 1 fully saturated rings. The maximum atomic E-state index is 9.45. The number of carbonyl (C=O) groups is 1. The van der Waals surface area contributed by atoms with Gasteiger partial charge in [-0.05, 0) is 6.92 Å². The minimum absolute atomic E-state index is 0.788. The van der Waals surface area contributed by atoms with E-state index in [-0.39, 0.29) is 0 Å². The molecule has 0 aliphatic carbocycles. The molecule has 1 atom stereocenters. The zero-order valence-corrected chi connectivity index (χ0v) is 7.64. The van der Waals surface area contributed by atoms with E-state index >= 15 is 0 Å². The molecule has 0 radical (unpaired) electrons. The van der Waals surface area contributed by atoms with Crippen molar-refractivity contribution >= 4 is 5.97 Å². The Morgan fingerprint density at radius 2 is 1.92 bits per heavy atom. The Hall–Kier alpha value is -0.690. The normalized spacial score (nSPS) is 19.9. The Bertz CT molecular complexity index is 145. The monoisotopic (exact) mass is 192 g/mol. The summed E-state index contributed by atoms with van der Waals surface area (Å²) in [6.07, 6.45) is -1.23. The Balaban J connectivity index is 0.000000226. The molecule has 0 aromatic carbocycles. The molecule has 0 spiro atoms. The highest BCUT2D eigenvalue weighted by atomic mass is 16.5. The Morgan fingerprint density at radius 1 is 1.54 bits per heavy atom. The number of rotatable bonds is 1. The van der Waals surface area contributed by atoms with Gasteiger partial charge in [0.25, 0.3) is 0 Å². The Morgan fingerprint density at radius 3 is 2.08 bits per heavy atom. The summed E-state index contributed by atoms with van der Waals surface area (Å²) in [7, 11) is 0. The smallest absolute Gasteiger partial charge is 0.332 e. The van der Waals surface area contributed by atoms with Crippen LogP contribution in [0.25, 0.3) is 0 Å². The lowest BCUT2D eigenvalue weighted by Gasteiger charge is -2.20. The topological polar surface area (TPSA) is 96.0 Å². The highest BCUT2D eigenvalue weighted by Gasteiger charge is 2.03. The molecule has 1 rings (SSSR count). The van der Waals surface area contributed by atoms with Crippen LogP contribution in [0.1, 0.15) is 6.92 Å². The van der Waals surface area contributed by atoms with Crippen molar-refractivity contribution in [2.45, 2.75) is 13.0 Å². The average Bonchev–Trinajstić information content (AvgIpc) is 2.06. The van der Waals surface area contributed by atoms with Gasteiger partial charge in [0.1, 0.15) is 6.10 Å². The molecular weight excluding hydrogens is 176 g/mol. The van der Waals surface area contributed by atoms with Crippen molar-refractivity contribution in [1.82, 2.24) is 5.01 Å². The number of aliphatic hydroxyl groups is 1. The minimum Gasteiger partial charge on any atom is -0.479 e. The van der Waals surface area contributed by atoms with E-state index in [2.05, 4.69) is 0 Å². The average molecular weight is 192 g/mol. The lowest BCUT2D eigenvalue weighted by Crippen LogP contribution is -2.41. The third-order valence-electron chi connectivity index (χ3n) is 1.40. The quantitative estimate of drug-likeness (QED) is 0.444. The molecule has 1 saturated heterocycles. The number of nitrogens with two attached hydrogens (primary N) is 1. The molecule has 0 saturated carbocycles. The molecule has 13 heavy (non-hydrogen) atoms. The largest absolute Gasteiger partial charge is 0.479 e. The van der Waals surface area contributed by atoms with Crippen molar-refractivity contribution in [3.8, 4) is 0 Å². The first-order valence-electron chi connectivity index (χ1n) is 4.02. The number of aliphatic carboxylic acids is 1. The number of carboxylic acids is 1. The first kappa shape index (κ1) is 12.3. The van der Waals surface area contributed by atoms with Crippen LogP contribution in [0.2, 0.25) is 0 Å². The van der Waals surface area contributed by atoms with Crippen LogP contribution in [0.4, 0.5) is 0 Å². The molecule has 0 aromatic heterocycles. The van der Waals surface area contributed by atoms with Crippen molar-refractivity contribution in [1.29, 1.82) is 0 Å². The molecule has 6 heteroatoms. The van der Waals surface area contributed by atoms with Crippen LogP contribution in [-0.2, 0) is 9.53 Å². The van der Waals surface area contributed by atoms with E-state index in [4.69, 9.17) is 20.8 Å². The number of hydrazine groups is 1. The lowest BCUT2D eigenvalue weighted by atomic mass is 10.4. The number of hydrogen-bond acceptors (Lipinski definition) is 5. The van der Waals surface area contributed by atoms with Gasteiger partial charge in [-0.2, -0.15) is 0 Å². The van der Waals surface area contributed by atoms with Gasteiger partial charge in [0, 0.05) is 13.1 Å². The van der Waals surface area contributed by atoms with Crippen LogP contribution in [0.3, 0.4) is 0 Å². The number of morpholine rings is 1. The minimum atomic E-state index is -1.23. The molecule has 4 N–H and O–H groups in total. The van der Waals surface area contributed by atoms with E-state index in [0.717, 1.165) is 26.3 Å². The van der Waals surface area contributed by atoms with Crippen LogP contribution < -0.4 is 5.84 Å². The van der Waals surface area contributed by atoms with Crippen molar-refractivity contribution in [3.63, 3.8) is 0 Å². The zero-order chi connectivity index (χ0) is 10.3. The van der Waals surface area contributed by atoms with Crippen molar-refractivity contribution in [2.24, 2.45) is 5.84 Å². The van der Waals surface area contributed by atoms with Crippen LogP contribution in [0.5, 0.6) is 0 Å². The SMILES string of the molecule is CC(O)C(=O)O.NN1CCOCC1. The summed E-state index contributed by atoms with van der Waals surface area (Å²) in [5.74, 6) is 4.20. The predicted molar refractivity (Wildman–Crippen MR) is 45.9 cm³/mol. The van der Waals surface area contributed by atoms with Crippen LogP contribution in [0.15, 0.2) is 0 Å². The van der Waals surface area contributed by atoms with Crippen molar-refractivity contribution < 1.29 is 19.7 Å². The number of ether oxygens (including phenoxy) is 1. The van der Waals surface area contributed by atoms with E-state index in [1.165, 1.54) is 6.92 Å². The lowest BCUT2D eigenvalue weighted by molar-refractivity contribution is -0.145. The van der Waals surface area contributed by atoms with Gasteiger partial charge in [-0.25, -0.2) is 9.80 Å². The fraction of sp³-hybridized carbons (Fsp3) is 0.857. The first-order chi connectivity index (χ1) is 6.04. The molecule has 0 amide bonds. The molecule has 0 aromatic rings. The van der Waals surface area contributed by atoms with E-state index in [1.807, 2.05) is 0 Å². The number of hydrogen-bond donors (Lipinski definition) is 3. The summed E-state index contributed by atoms with van der Waals surface area (Å²) < 4.78 is 5.02. The summed E-state index contributed by atoms with van der Waals surface area (Å²) in [4.78, 5) is 9.45. The third kappa shape index (κ3) is 7.66. The molecule has 1 unspecified atom stereocenters. The molecule has 0 bridgehead atoms. The van der Waals surface area contributed by atoms with Gasteiger partial charge in [0.05, 0.1) is 13.2 Å². The second-order valence-corrected chi connectivity index (χ2v) is 2.66. The zero-order valence-electron chi connectivity index (χ0n) is 7.64. The molecule has 1 heterocycles. The number of aliphatic hydroxyl groups excluding tert-OH is 1. The van der Waals surface area contributed by atoms with Crippen molar-refractivity contribution in [3.05, 3.63) is 0 Å². The number of carboxylic acid groups (broad SMARTS) is 1. The molecule has 6 nitrogen and oxygen atoms in total. The second kappa shape index (κ2) is 6.79. The summed E-state index contributed by atoms with van der Waals surface area (Å²) in [5.41, 5.74) is 0. The first-order valence-corrected chi connectivity index (χ1v) is 4.02. The molecular formula is C7H16N2O4. The predicted octanol–water partition coefficient (Wildman–Crippen LogP) is -1.36. The fourth-order valence-corrected chi connectivity index (χ4v) is 0.577. The van der Waals surface area contributed by atoms with E-state index in [0.29, 0.717) is 0 Å². The summed E-state index contributed by atoms with van der Waals surface area (Å²) in [6, 6.07) is 0. The van der Waals surface area contributed by atoms with Gasteiger partial charge >= 0.3 is 5.97 Å². The fourth-order valence-electron chi connectivity index (χ4n) is 0.577. The van der Waals surface area contributed by atoms with Crippen LogP contribution in [-0.4, -0.2) is 53.6 Å². The second-order valence-electron chi connectivity index (χ2n) is 2.66. The van der Waals surface area contributed by atoms with Gasteiger partial charge in [-0.3, -0.25) is 5.84 Å². The van der Waals surface area contributed by atoms with E-state index in [1.54, 1.807) is 5.01 Å². The Kier molecular flexibility index (Phi) is 6.43. The van der Waals surface area contributed by atoms with Gasteiger partial charge in [-0.15, -0.1) is 0 Å². The maximum Gasteiger partial charge on any atom is 0.332 e. The molecule has 1 aliphatic rings. The van der Waals surface area contributed by atoms with Crippen LogP contribution >= 0.6 is 0 Å². The summed E-state index contributed by atoms with van der Waals surface area (Å²) in [5, 5.41) is 17.5. The highest BCUT2D eigenvalue weighted by Crippen LogP contribution is 1.86. The summed E-state index contributed by atoms with van der Waals surface area (Å²) in [6.45, 7) is 4.52. The third-order valence-corrected chi connectivity index (χ3v) is 1.40. The number of nitrogens with zero attached hydrogens (tertiary/aromatic N) is 1. The standard InChI is InChI=1S/C4H10N2O.C3H6O3/c5-6-1-3-7-4-2-6;1-2(4)3(5)6/h1-5H2;2,4H,1H3,(H,5,6). The molecule has 1 aliphatic heterocycles. The summed E-state index contributed by atoms with van der Waals surface area (Å²) >= 11 is 0. The van der Waals surface area contributed by atoms with Gasteiger partial charge in [0.2, 0.25) is 0 Å². The van der Waals surface area contributed by atoms with Crippen molar-refractivity contribution in [2.75, 3.05) is 26.3 Å². The van der Waals surface area contributed by atoms with Crippen LogP contribution in [0, 0.1) is 0 Å². The van der Waals surface area contributed by atoms with E-state index < -0.39 is 12.1 Å². The Labute approximate surface area is 76.9 Å². The maximum absolute atomic E-state index is 9.45. The van der Waals surface area contributed by atoms with E-state index in [9.17, 15) is 4.79 Å².